The summed E-state index contributed by atoms with van der Waals surface area (Å²) in [4.78, 5) is 0.624. The van der Waals surface area contributed by atoms with Gasteiger partial charge in [0, 0.05) is 0 Å². The van der Waals surface area contributed by atoms with Crippen molar-refractivity contribution in [1.29, 1.82) is 0 Å². The molecular weight excluding hydrogens is 471 g/mol. The van der Waals surface area contributed by atoms with Gasteiger partial charge in [-0.25, -0.2) is 0 Å². The van der Waals surface area contributed by atoms with Crippen LogP contribution < -0.4 is 14.8 Å². The van der Waals surface area contributed by atoms with Crippen LogP contribution in [0, 0.1) is 0 Å². The summed E-state index contributed by atoms with van der Waals surface area (Å²) in [6.45, 7) is 0. The molecule has 4 aromatic carbocycles. The van der Waals surface area contributed by atoms with Crippen LogP contribution in [0.3, 0.4) is 0 Å². The van der Waals surface area contributed by atoms with Crippen LogP contribution in [0.25, 0.3) is 0 Å². The molecule has 158 valence electrons. The van der Waals surface area contributed by atoms with Crippen molar-refractivity contribution in [3.63, 3.8) is 0 Å². The first-order valence-corrected chi connectivity index (χ1v) is 15.4. The number of benzene rings is 4. The summed E-state index contributed by atoms with van der Waals surface area (Å²) >= 11 is 0.396. The van der Waals surface area contributed by atoms with E-state index in [1.54, 1.807) is 0 Å². The molecule has 1 aliphatic heterocycles. The zero-order valence-electron chi connectivity index (χ0n) is 17.9. The van der Waals surface area contributed by atoms with Crippen LogP contribution in [-0.4, -0.2) is 29.4 Å². The molecule has 0 aromatic heterocycles. The molecule has 0 bridgehead atoms. The van der Waals surface area contributed by atoms with Gasteiger partial charge in [0.25, 0.3) is 0 Å². The van der Waals surface area contributed by atoms with Gasteiger partial charge in [0.15, 0.2) is 0 Å². The summed E-state index contributed by atoms with van der Waals surface area (Å²) in [7, 11) is -2.36. The standard InChI is InChI=1S/C29H26OSeSi/c1-4-13-23(14-5-1)31-28-21-32(24-15-6-2-7-16-24,25-17-8-3-9-18-25)30-27-20-22-12-10-11-19-26(22)29(27)28/h1-19,27-29H,20-21H2/t27-,28?,29+/m0/s1. The summed E-state index contributed by atoms with van der Waals surface area (Å²) in [5.74, 6) is 0.499. The topological polar surface area (TPSA) is 9.23 Å². The Kier molecular flexibility index (Phi) is 5.36. The molecule has 0 saturated carbocycles. The average molecular weight is 498 g/mol. The van der Waals surface area contributed by atoms with E-state index in [0.29, 0.717) is 25.7 Å². The fourth-order valence-electron chi connectivity index (χ4n) is 5.60. The third-order valence-corrected chi connectivity index (χ3v) is 14.6. The summed E-state index contributed by atoms with van der Waals surface area (Å²) in [5, 5.41) is 2.82. The zero-order valence-corrected chi connectivity index (χ0v) is 20.6. The van der Waals surface area contributed by atoms with Crippen molar-refractivity contribution in [3.05, 3.63) is 126 Å². The van der Waals surface area contributed by atoms with Crippen molar-refractivity contribution in [3.8, 4) is 0 Å². The normalized spacial score (nSPS) is 23.3. The summed E-state index contributed by atoms with van der Waals surface area (Å²) in [5.41, 5.74) is 3.02. The van der Waals surface area contributed by atoms with Gasteiger partial charge in [0.05, 0.1) is 0 Å². The van der Waals surface area contributed by atoms with Crippen molar-refractivity contribution in [2.75, 3.05) is 0 Å². The van der Waals surface area contributed by atoms with E-state index >= 15 is 0 Å². The fourth-order valence-corrected chi connectivity index (χ4v) is 14.3. The first-order valence-electron chi connectivity index (χ1n) is 11.4. The number of fused-ring (bicyclic) bond motifs is 3. The Labute approximate surface area is 197 Å². The predicted octanol–water partition coefficient (Wildman–Crippen LogP) is 4.30. The van der Waals surface area contributed by atoms with E-state index < -0.39 is 8.32 Å². The Bertz CT molecular complexity index is 1160. The van der Waals surface area contributed by atoms with E-state index in [1.807, 2.05) is 0 Å². The van der Waals surface area contributed by atoms with Gasteiger partial charge < -0.3 is 0 Å². The van der Waals surface area contributed by atoms with Gasteiger partial charge in [-0.3, -0.25) is 0 Å². The molecule has 4 aromatic rings. The van der Waals surface area contributed by atoms with Crippen LogP contribution in [0.4, 0.5) is 0 Å². The maximum atomic E-state index is 7.37. The summed E-state index contributed by atoms with van der Waals surface area (Å²) in [6, 6.07) is 43.6. The molecular formula is C29H26OSeSi. The van der Waals surface area contributed by atoms with Gasteiger partial charge in [-0.2, -0.15) is 0 Å². The van der Waals surface area contributed by atoms with Gasteiger partial charge in [-0.05, 0) is 0 Å². The number of hydrogen-bond acceptors (Lipinski definition) is 1. The van der Waals surface area contributed by atoms with Crippen LogP contribution in [0.15, 0.2) is 115 Å². The van der Waals surface area contributed by atoms with E-state index in [1.165, 1.54) is 26.0 Å². The quantitative estimate of drug-likeness (QED) is 0.382. The van der Waals surface area contributed by atoms with Gasteiger partial charge in [-0.1, -0.05) is 0 Å². The van der Waals surface area contributed by atoms with Crippen molar-refractivity contribution in [2.45, 2.75) is 29.3 Å². The first-order chi connectivity index (χ1) is 15.8. The maximum absolute atomic E-state index is 7.37. The molecule has 1 saturated heterocycles. The second-order valence-electron chi connectivity index (χ2n) is 8.82. The van der Waals surface area contributed by atoms with Gasteiger partial charge in [-0.15, -0.1) is 0 Å². The number of rotatable bonds is 4. The van der Waals surface area contributed by atoms with Crippen LogP contribution in [-0.2, 0) is 10.8 Å². The van der Waals surface area contributed by atoms with E-state index in [0.717, 1.165) is 12.5 Å². The summed E-state index contributed by atoms with van der Waals surface area (Å²) < 4.78 is 8.87. The van der Waals surface area contributed by atoms with Crippen molar-refractivity contribution >= 4 is 38.1 Å². The Balaban J connectivity index is 1.49. The van der Waals surface area contributed by atoms with E-state index in [-0.39, 0.29) is 6.10 Å². The Morgan fingerprint density at radius 2 is 1.22 bits per heavy atom. The Hall–Kier alpha value is -2.42. The number of hydrogen-bond donors (Lipinski definition) is 0. The van der Waals surface area contributed by atoms with E-state index in [2.05, 4.69) is 115 Å². The molecule has 6 rings (SSSR count). The van der Waals surface area contributed by atoms with Crippen molar-refractivity contribution in [1.82, 2.24) is 0 Å². The molecule has 3 atom stereocenters. The van der Waals surface area contributed by atoms with Crippen LogP contribution >= 0.6 is 0 Å². The Morgan fingerprint density at radius 3 is 1.88 bits per heavy atom. The molecule has 1 fully saturated rings. The molecule has 1 heterocycles. The van der Waals surface area contributed by atoms with E-state index in [4.69, 9.17) is 4.43 Å². The van der Waals surface area contributed by atoms with Crippen LogP contribution in [0.5, 0.6) is 0 Å². The third-order valence-electron chi connectivity index (χ3n) is 6.99. The minimum atomic E-state index is -2.36. The van der Waals surface area contributed by atoms with Crippen LogP contribution in [0.2, 0.25) is 10.9 Å². The van der Waals surface area contributed by atoms with Crippen molar-refractivity contribution < 1.29 is 4.43 Å². The first kappa shape index (κ1) is 20.2. The Morgan fingerprint density at radius 1 is 0.656 bits per heavy atom. The van der Waals surface area contributed by atoms with E-state index in [9.17, 15) is 0 Å². The second kappa shape index (κ2) is 8.50. The molecule has 0 amide bonds. The molecule has 0 spiro atoms. The molecule has 3 heteroatoms. The minimum absolute atomic E-state index is 0.267. The molecule has 32 heavy (non-hydrogen) atoms. The average Bonchev–Trinajstić information content (AvgIpc) is 3.24. The summed E-state index contributed by atoms with van der Waals surface area (Å²) in [6.07, 6.45) is 1.31. The fraction of sp³-hybridized carbons (Fsp3) is 0.172. The molecule has 0 radical (unpaired) electrons. The molecule has 1 aliphatic carbocycles. The van der Waals surface area contributed by atoms with Gasteiger partial charge >= 0.3 is 198 Å². The van der Waals surface area contributed by atoms with Gasteiger partial charge in [0.2, 0.25) is 0 Å². The zero-order chi connectivity index (χ0) is 21.4. The SMILES string of the molecule is c1ccc([Se]C2C[Si](c3ccccc3)(c3ccccc3)O[C@H]3Cc4ccccc4[C@@H]23)cc1. The van der Waals surface area contributed by atoms with Crippen LogP contribution in [0.1, 0.15) is 17.0 Å². The van der Waals surface area contributed by atoms with Gasteiger partial charge in [0.1, 0.15) is 0 Å². The second-order valence-corrected chi connectivity index (χ2v) is 15.0. The third kappa shape index (κ3) is 3.50. The molecule has 1 nitrogen and oxygen atoms in total. The molecule has 1 unspecified atom stereocenters. The van der Waals surface area contributed by atoms with Crippen molar-refractivity contribution in [2.24, 2.45) is 0 Å². The molecule has 0 N–H and O–H groups in total. The molecule has 2 aliphatic rings. The predicted molar refractivity (Wildman–Crippen MR) is 136 cm³/mol. The monoisotopic (exact) mass is 498 g/mol.